The average Bonchev–Trinajstić information content (AvgIpc) is 1.52. The second-order valence-electron chi connectivity index (χ2n) is 22.6. The molecule has 2 aliphatic carbocycles. The van der Waals surface area contributed by atoms with E-state index in [4.69, 9.17) is 8.83 Å². The predicted molar refractivity (Wildman–Crippen MR) is 353 cm³/mol. The number of para-hydroxylation sites is 4. The molecule has 0 saturated heterocycles. The molecule has 0 saturated carbocycles. The van der Waals surface area contributed by atoms with Crippen LogP contribution >= 0.6 is 0 Å². The Hall–Kier alpha value is -11.2. The summed E-state index contributed by atoms with van der Waals surface area (Å²) in [5.74, 6) is 0. The van der Waals surface area contributed by atoms with Crippen molar-refractivity contribution in [3.63, 3.8) is 0 Å². The molecular weight excluding hydrogens is 1030 g/mol. The highest BCUT2D eigenvalue weighted by molar-refractivity contribution is 6.18. The van der Waals surface area contributed by atoms with Gasteiger partial charge in [0.05, 0.1) is 22.5 Å². The number of anilines is 6. The van der Waals surface area contributed by atoms with Crippen molar-refractivity contribution in [2.45, 2.75) is 5.41 Å². The molecule has 2 aliphatic rings. The van der Waals surface area contributed by atoms with Crippen molar-refractivity contribution < 1.29 is 8.83 Å². The number of benzene rings is 14. The number of furan rings is 2. The van der Waals surface area contributed by atoms with E-state index in [0.717, 1.165) is 111 Å². The SMILES string of the molecule is c1ccc(-c2cccc(N(c3ccc4c5c(ccc4c3)-c3c(cc(N(c4cccc(-c6ccccc6)c4)c4cccc6c4oc4ccccc46)c4ccccc34)C53c4ccccc4-c4ccccc43)c3cccc4c3oc3ccccc34)c2)cc1. The Bertz CT molecular complexity index is 5360. The van der Waals surface area contributed by atoms with E-state index in [1.54, 1.807) is 0 Å². The summed E-state index contributed by atoms with van der Waals surface area (Å²) in [5.41, 5.74) is 23.5. The first-order chi connectivity index (χ1) is 42.2. The molecule has 0 unspecified atom stereocenters. The van der Waals surface area contributed by atoms with Crippen molar-refractivity contribution in [1.82, 2.24) is 0 Å². The maximum absolute atomic E-state index is 7.01. The molecule has 14 aromatic carbocycles. The third kappa shape index (κ3) is 6.91. The van der Waals surface area contributed by atoms with Crippen LogP contribution in [0.5, 0.6) is 0 Å². The summed E-state index contributed by atoms with van der Waals surface area (Å²) in [6.45, 7) is 0. The van der Waals surface area contributed by atoms with Gasteiger partial charge in [-0.3, -0.25) is 0 Å². The van der Waals surface area contributed by atoms with Crippen LogP contribution in [-0.4, -0.2) is 0 Å². The van der Waals surface area contributed by atoms with E-state index >= 15 is 0 Å². The molecule has 4 nitrogen and oxygen atoms in total. The average molecular weight is 1080 g/mol. The van der Waals surface area contributed by atoms with E-state index in [2.05, 4.69) is 307 Å². The van der Waals surface area contributed by atoms with Crippen molar-refractivity contribution in [1.29, 1.82) is 0 Å². The van der Waals surface area contributed by atoms with Gasteiger partial charge in [-0.15, -0.1) is 0 Å². The van der Waals surface area contributed by atoms with E-state index in [1.165, 1.54) is 55.3 Å². The Balaban J connectivity index is 0.914. The number of rotatable bonds is 8. The Morgan fingerprint density at radius 1 is 0.259 bits per heavy atom. The third-order valence-electron chi connectivity index (χ3n) is 18.2. The molecule has 0 atom stereocenters. The first-order valence-corrected chi connectivity index (χ1v) is 29.2. The van der Waals surface area contributed by atoms with Crippen LogP contribution in [0.1, 0.15) is 22.3 Å². The largest absolute Gasteiger partial charge is 0.454 e. The zero-order valence-electron chi connectivity index (χ0n) is 46.1. The monoisotopic (exact) mass is 1080 g/mol. The van der Waals surface area contributed by atoms with Gasteiger partial charge in [0.2, 0.25) is 0 Å². The standard InChI is InChI=1S/C81H50N2O2/c1-3-21-51(22-4-1)53-25-17-27-56(47-53)82(72-39-19-35-66-63-32-11-15-41-75(63)84-79(66)72)58-44-46-59-55(49-58)43-45-68-77-65-34-8-7-31-62(65)74(50-71(77)81(78(59)68)69-37-13-9-29-60(69)61-30-10-14-38-70(61)81)83(57-28-18-26-54(48-57)52-23-5-2-6-24-52)73-40-20-36-67-64-33-12-16-42-76(64)85-80(67)73/h1-50H. The summed E-state index contributed by atoms with van der Waals surface area (Å²) in [6, 6.07) is 111. The fourth-order valence-corrected chi connectivity index (χ4v) is 14.7. The van der Waals surface area contributed by atoms with Crippen LogP contribution in [0.15, 0.2) is 312 Å². The molecule has 18 rings (SSSR count). The molecule has 0 N–H and O–H groups in total. The smallest absolute Gasteiger partial charge is 0.159 e. The summed E-state index contributed by atoms with van der Waals surface area (Å²) >= 11 is 0. The van der Waals surface area contributed by atoms with Gasteiger partial charge in [-0.05, 0) is 150 Å². The highest BCUT2D eigenvalue weighted by Crippen LogP contribution is 2.66. The summed E-state index contributed by atoms with van der Waals surface area (Å²) < 4.78 is 13.9. The molecule has 1 spiro atoms. The van der Waals surface area contributed by atoms with Gasteiger partial charge in [-0.1, -0.05) is 237 Å². The van der Waals surface area contributed by atoms with E-state index in [1.807, 2.05) is 6.07 Å². The van der Waals surface area contributed by atoms with Gasteiger partial charge in [0.1, 0.15) is 11.2 Å². The Morgan fingerprint density at radius 2 is 0.729 bits per heavy atom. The maximum atomic E-state index is 7.01. The normalized spacial score (nSPS) is 12.8. The van der Waals surface area contributed by atoms with Gasteiger partial charge in [-0.25, -0.2) is 0 Å². The Morgan fingerprint density at radius 3 is 1.34 bits per heavy atom. The van der Waals surface area contributed by atoms with E-state index in [0.29, 0.717) is 0 Å². The van der Waals surface area contributed by atoms with Gasteiger partial charge in [-0.2, -0.15) is 0 Å². The molecular formula is C81H50N2O2. The first kappa shape index (κ1) is 47.4. The lowest BCUT2D eigenvalue weighted by atomic mass is 9.69. The Kier molecular flexibility index (Phi) is 10.3. The quantitative estimate of drug-likeness (QED) is 0.152. The van der Waals surface area contributed by atoms with Crippen molar-refractivity contribution >= 4 is 99.5 Å². The minimum absolute atomic E-state index is 0.718. The zero-order valence-corrected chi connectivity index (χ0v) is 46.1. The first-order valence-electron chi connectivity index (χ1n) is 29.2. The lowest BCUT2D eigenvalue weighted by Gasteiger charge is -2.34. The van der Waals surface area contributed by atoms with E-state index in [9.17, 15) is 0 Å². The molecule has 85 heavy (non-hydrogen) atoms. The topological polar surface area (TPSA) is 32.8 Å². The lowest BCUT2D eigenvalue weighted by Crippen LogP contribution is -2.26. The summed E-state index contributed by atoms with van der Waals surface area (Å²) in [4.78, 5) is 4.86. The molecule has 0 aliphatic heterocycles. The van der Waals surface area contributed by atoms with E-state index < -0.39 is 5.41 Å². The van der Waals surface area contributed by atoms with Crippen LogP contribution in [0.3, 0.4) is 0 Å². The molecule has 2 heterocycles. The number of hydrogen-bond acceptors (Lipinski definition) is 4. The van der Waals surface area contributed by atoms with E-state index in [-0.39, 0.29) is 0 Å². The fraction of sp³-hybridized carbons (Fsp3) is 0.0123. The molecule has 0 radical (unpaired) electrons. The number of nitrogens with zero attached hydrogens (tertiary/aromatic N) is 2. The summed E-state index contributed by atoms with van der Waals surface area (Å²) in [7, 11) is 0. The second-order valence-corrected chi connectivity index (χ2v) is 22.6. The number of hydrogen-bond donors (Lipinski definition) is 0. The van der Waals surface area contributed by atoms with Crippen LogP contribution in [0.25, 0.3) is 110 Å². The maximum Gasteiger partial charge on any atom is 0.159 e. The van der Waals surface area contributed by atoms with Crippen LogP contribution in [0.4, 0.5) is 34.1 Å². The minimum Gasteiger partial charge on any atom is -0.454 e. The summed E-state index contributed by atoms with van der Waals surface area (Å²) in [5, 5.41) is 9.03. The van der Waals surface area contributed by atoms with Gasteiger partial charge in [0.25, 0.3) is 0 Å². The molecule has 0 fully saturated rings. The van der Waals surface area contributed by atoms with Crippen molar-refractivity contribution in [2.75, 3.05) is 9.80 Å². The molecule has 0 bridgehead atoms. The van der Waals surface area contributed by atoms with Crippen LogP contribution in [-0.2, 0) is 5.41 Å². The minimum atomic E-state index is -0.718. The highest BCUT2D eigenvalue weighted by Gasteiger charge is 2.53. The third-order valence-corrected chi connectivity index (χ3v) is 18.2. The summed E-state index contributed by atoms with van der Waals surface area (Å²) in [6.07, 6.45) is 0. The molecule has 4 heteroatoms. The number of fused-ring (bicyclic) bond motifs is 20. The highest BCUT2D eigenvalue weighted by atomic mass is 16.3. The fourth-order valence-electron chi connectivity index (χ4n) is 14.7. The second kappa shape index (κ2) is 18.4. The van der Waals surface area contributed by atoms with Crippen molar-refractivity contribution in [2.24, 2.45) is 0 Å². The zero-order chi connectivity index (χ0) is 55.7. The van der Waals surface area contributed by atoms with Crippen LogP contribution < -0.4 is 9.80 Å². The van der Waals surface area contributed by atoms with Gasteiger partial charge in [0, 0.05) is 44.0 Å². The molecule has 16 aromatic rings. The van der Waals surface area contributed by atoms with Crippen LogP contribution in [0.2, 0.25) is 0 Å². The van der Waals surface area contributed by atoms with Crippen molar-refractivity contribution in [3.8, 4) is 44.5 Å². The lowest BCUT2D eigenvalue weighted by molar-refractivity contribution is 0.668. The molecule has 2 aromatic heterocycles. The van der Waals surface area contributed by atoms with Crippen LogP contribution in [0, 0.1) is 0 Å². The van der Waals surface area contributed by atoms with Crippen molar-refractivity contribution in [3.05, 3.63) is 326 Å². The predicted octanol–water partition coefficient (Wildman–Crippen LogP) is 22.4. The van der Waals surface area contributed by atoms with Gasteiger partial charge >= 0.3 is 0 Å². The molecule has 0 amide bonds. The molecule has 396 valence electrons. The van der Waals surface area contributed by atoms with Gasteiger partial charge in [0.15, 0.2) is 11.2 Å². The Labute approximate surface area is 490 Å². The van der Waals surface area contributed by atoms with Gasteiger partial charge < -0.3 is 18.6 Å².